The van der Waals surface area contributed by atoms with Gasteiger partial charge in [0.25, 0.3) is 5.91 Å². The topological polar surface area (TPSA) is 69.6 Å². The fraction of sp³-hybridized carbons (Fsp3) is 0.467. The third kappa shape index (κ3) is 4.35. The molecule has 0 bridgehead atoms. The summed E-state index contributed by atoms with van der Waals surface area (Å²) in [7, 11) is 0. The predicted molar refractivity (Wildman–Crippen MR) is 84.8 cm³/mol. The molecule has 1 heterocycles. The van der Waals surface area contributed by atoms with Gasteiger partial charge in [0.05, 0.1) is 0 Å². The Kier molecular flexibility index (Phi) is 5.67. The maximum Gasteiger partial charge on any atom is 0.256 e. The van der Waals surface area contributed by atoms with Crippen LogP contribution in [0.4, 0.5) is 0 Å². The molecule has 0 saturated carbocycles. The van der Waals surface area contributed by atoms with E-state index in [0.29, 0.717) is 28.7 Å². The van der Waals surface area contributed by atoms with E-state index in [1.165, 1.54) is 25.1 Å². The molecule has 120 valence electrons. The fourth-order valence-corrected chi connectivity index (χ4v) is 3.17. The summed E-state index contributed by atoms with van der Waals surface area (Å²) in [6, 6.07) is 4.50. The number of aliphatic hydroxyl groups excluding tert-OH is 1. The first kappa shape index (κ1) is 17.1. The van der Waals surface area contributed by atoms with Gasteiger partial charge in [-0.3, -0.25) is 9.59 Å². The molecular weight excluding hydrogens is 327 g/mol. The highest BCUT2D eigenvalue weighted by molar-refractivity contribution is 6.34. The minimum Gasteiger partial charge on any atom is -0.378 e. The summed E-state index contributed by atoms with van der Waals surface area (Å²) in [6.07, 6.45) is 0.287. The lowest BCUT2D eigenvalue weighted by Crippen LogP contribution is -2.50. The van der Waals surface area contributed by atoms with Crippen molar-refractivity contribution in [1.29, 1.82) is 0 Å². The average molecular weight is 345 g/mol. The summed E-state index contributed by atoms with van der Waals surface area (Å²) in [5.74, 6) is -0.533. The second kappa shape index (κ2) is 7.31. The fourth-order valence-electron chi connectivity index (χ4n) is 2.63. The highest BCUT2D eigenvalue weighted by Crippen LogP contribution is 2.25. The van der Waals surface area contributed by atoms with Crippen molar-refractivity contribution in [2.75, 3.05) is 13.1 Å². The van der Waals surface area contributed by atoms with Crippen LogP contribution in [0.5, 0.6) is 0 Å². The number of benzene rings is 1. The van der Waals surface area contributed by atoms with Crippen LogP contribution in [0.3, 0.4) is 0 Å². The molecule has 1 aliphatic heterocycles. The minimum atomic E-state index is -1.31. The van der Waals surface area contributed by atoms with Crippen LogP contribution in [-0.2, 0) is 9.59 Å². The van der Waals surface area contributed by atoms with Crippen molar-refractivity contribution in [3.05, 3.63) is 33.8 Å². The highest BCUT2D eigenvalue weighted by Gasteiger charge is 2.29. The Labute approximate surface area is 139 Å². The van der Waals surface area contributed by atoms with Crippen molar-refractivity contribution in [3.8, 4) is 0 Å². The predicted octanol–water partition coefficient (Wildman–Crippen LogP) is 2.15. The number of carbonyl (C=O) groups is 2. The van der Waals surface area contributed by atoms with Gasteiger partial charge in [-0.25, -0.2) is 0 Å². The van der Waals surface area contributed by atoms with Crippen molar-refractivity contribution in [1.82, 2.24) is 10.2 Å². The molecule has 2 atom stereocenters. The van der Waals surface area contributed by atoms with Crippen molar-refractivity contribution in [2.45, 2.75) is 31.9 Å². The van der Waals surface area contributed by atoms with Crippen LogP contribution in [-0.4, -0.2) is 41.0 Å². The lowest BCUT2D eigenvalue weighted by Gasteiger charge is -2.34. The molecule has 0 aliphatic carbocycles. The van der Waals surface area contributed by atoms with Gasteiger partial charge in [0.15, 0.2) is 6.10 Å². The van der Waals surface area contributed by atoms with Crippen LogP contribution in [0.2, 0.25) is 10.0 Å². The van der Waals surface area contributed by atoms with Crippen molar-refractivity contribution >= 4 is 35.0 Å². The van der Waals surface area contributed by atoms with Gasteiger partial charge >= 0.3 is 0 Å². The summed E-state index contributed by atoms with van der Waals surface area (Å²) in [5.41, 5.74) is 0.365. The molecule has 22 heavy (non-hydrogen) atoms. The Hall–Kier alpha value is -1.30. The zero-order chi connectivity index (χ0) is 16.3. The van der Waals surface area contributed by atoms with Gasteiger partial charge in [0.2, 0.25) is 5.91 Å². The zero-order valence-electron chi connectivity index (χ0n) is 12.2. The number of likely N-dealkylation sites (tertiary alicyclic amines) is 1. The maximum atomic E-state index is 12.4. The number of halogens is 2. The summed E-state index contributed by atoms with van der Waals surface area (Å²) >= 11 is 11.8. The molecule has 2 unspecified atom stereocenters. The van der Waals surface area contributed by atoms with E-state index in [9.17, 15) is 14.7 Å². The van der Waals surface area contributed by atoms with Crippen LogP contribution in [0.25, 0.3) is 0 Å². The van der Waals surface area contributed by atoms with E-state index in [1.54, 1.807) is 4.90 Å². The molecule has 1 aromatic carbocycles. The first-order chi connectivity index (χ1) is 10.4. The number of piperidine rings is 1. The van der Waals surface area contributed by atoms with Crippen LogP contribution >= 0.6 is 23.2 Å². The molecule has 1 saturated heterocycles. The quantitative estimate of drug-likeness (QED) is 0.882. The Morgan fingerprint density at radius 2 is 1.95 bits per heavy atom. The van der Waals surface area contributed by atoms with Crippen LogP contribution in [0.1, 0.15) is 31.4 Å². The third-order valence-electron chi connectivity index (χ3n) is 3.57. The third-order valence-corrected chi connectivity index (χ3v) is 4.01. The number of nitrogens with one attached hydrogen (secondary N) is 1. The maximum absolute atomic E-state index is 12.4. The van der Waals surface area contributed by atoms with Crippen molar-refractivity contribution in [3.63, 3.8) is 0 Å². The van der Waals surface area contributed by atoms with Crippen LogP contribution in [0, 0.1) is 0 Å². The first-order valence-corrected chi connectivity index (χ1v) is 7.82. The largest absolute Gasteiger partial charge is 0.378 e. The Morgan fingerprint density at radius 3 is 2.55 bits per heavy atom. The molecule has 2 rings (SSSR count). The van der Waals surface area contributed by atoms with Gasteiger partial charge in [0.1, 0.15) is 0 Å². The number of hydrogen-bond acceptors (Lipinski definition) is 3. The summed E-state index contributed by atoms with van der Waals surface area (Å²) in [5, 5.41) is 13.8. The van der Waals surface area contributed by atoms with Gasteiger partial charge in [-0.2, -0.15) is 0 Å². The van der Waals surface area contributed by atoms with E-state index in [2.05, 4.69) is 5.32 Å². The molecule has 1 aromatic rings. The van der Waals surface area contributed by atoms with E-state index in [1.807, 2.05) is 0 Å². The molecule has 2 N–H and O–H groups in total. The molecule has 5 nitrogen and oxygen atoms in total. The molecule has 1 aliphatic rings. The van der Waals surface area contributed by atoms with E-state index < -0.39 is 12.0 Å². The summed E-state index contributed by atoms with van der Waals surface area (Å²) < 4.78 is 0. The SMILES string of the molecule is CC(=O)NC1CCCN(C(=O)C(O)c2cc(Cl)cc(Cl)c2)C1. The standard InChI is InChI=1S/C15H18Cl2N2O3/c1-9(20)18-13-3-2-4-19(8-13)15(22)14(21)10-5-11(16)7-12(17)6-10/h5-7,13-14,21H,2-4,8H2,1H3,(H,18,20). The minimum absolute atomic E-state index is 0.0784. The van der Waals surface area contributed by atoms with E-state index in [0.717, 1.165) is 12.8 Å². The molecule has 1 fully saturated rings. The zero-order valence-corrected chi connectivity index (χ0v) is 13.7. The molecule has 0 aromatic heterocycles. The van der Waals surface area contributed by atoms with Crippen LogP contribution in [0.15, 0.2) is 18.2 Å². The Morgan fingerprint density at radius 1 is 1.32 bits per heavy atom. The van der Waals surface area contributed by atoms with Crippen molar-refractivity contribution < 1.29 is 14.7 Å². The summed E-state index contributed by atoms with van der Waals surface area (Å²) in [6.45, 7) is 2.40. The van der Waals surface area contributed by atoms with Gasteiger partial charge in [-0.05, 0) is 36.6 Å². The monoisotopic (exact) mass is 344 g/mol. The Balaban J connectivity index is 2.07. The number of aliphatic hydroxyl groups is 1. The number of rotatable bonds is 3. The molecule has 0 radical (unpaired) electrons. The van der Waals surface area contributed by atoms with Gasteiger partial charge in [0, 0.05) is 36.1 Å². The highest BCUT2D eigenvalue weighted by atomic mass is 35.5. The molecular formula is C15H18Cl2N2O3. The second-order valence-electron chi connectivity index (χ2n) is 5.43. The van der Waals surface area contributed by atoms with Gasteiger partial charge in [-0.15, -0.1) is 0 Å². The van der Waals surface area contributed by atoms with Crippen molar-refractivity contribution in [2.24, 2.45) is 0 Å². The second-order valence-corrected chi connectivity index (χ2v) is 6.30. The smallest absolute Gasteiger partial charge is 0.256 e. The lowest BCUT2D eigenvalue weighted by molar-refractivity contribution is -0.142. The van der Waals surface area contributed by atoms with Gasteiger partial charge in [-0.1, -0.05) is 23.2 Å². The number of nitrogens with zero attached hydrogens (tertiary/aromatic N) is 1. The van der Waals surface area contributed by atoms with E-state index >= 15 is 0 Å². The number of hydrogen-bond donors (Lipinski definition) is 2. The first-order valence-electron chi connectivity index (χ1n) is 7.07. The number of carbonyl (C=O) groups excluding carboxylic acids is 2. The normalized spacial score (nSPS) is 19.6. The Bertz CT molecular complexity index is 560. The molecule has 0 spiro atoms. The molecule has 2 amide bonds. The van der Waals surface area contributed by atoms with Gasteiger partial charge < -0.3 is 15.3 Å². The number of amides is 2. The van der Waals surface area contributed by atoms with E-state index in [-0.39, 0.29) is 11.9 Å². The average Bonchev–Trinajstić information content (AvgIpc) is 2.44. The molecule has 7 heteroatoms. The van der Waals surface area contributed by atoms with E-state index in [4.69, 9.17) is 23.2 Å². The summed E-state index contributed by atoms with van der Waals surface area (Å²) in [4.78, 5) is 25.1. The lowest BCUT2D eigenvalue weighted by atomic mass is 10.0. The van der Waals surface area contributed by atoms with Crippen LogP contribution < -0.4 is 5.32 Å².